The molecule has 96 valence electrons. The van der Waals surface area contributed by atoms with Gasteiger partial charge in [-0.2, -0.15) is 0 Å². The van der Waals surface area contributed by atoms with Gasteiger partial charge >= 0.3 is 0 Å². The summed E-state index contributed by atoms with van der Waals surface area (Å²) >= 11 is 0. The van der Waals surface area contributed by atoms with E-state index in [-0.39, 0.29) is 5.60 Å². The minimum absolute atomic E-state index is 0.000556. The molecule has 1 saturated heterocycles. The number of hydrogen-bond acceptors (Lipinski definition) is 3. The Morgan fingerprint density at radius 2 is 1.94 bits per heavy atom. The second-order valence-electron chi connectivity index (χ2n) is 5.14. The Morgan fingerprint density at radius 1 is 1.31 bits per heavy atom. The van der Waals surface area contributed by atoms with Crippen molar-refractivity contribution in [3.8, 4) is 0 Å². The highest BCUT2D eigenvalue weighted by Crippen LogP contribution is 2.24. The SMILES string of the molecule is CCC(NCC1(OC)CCOCC1)C(C)C. The van der Waals surface area contributed by atoms with Crippen LogP contribution in [0.15, 0.2) is 0 Å². The fraction of sp³-hybridized carbons (Fsp3) is 1.00. The van der Waals surface area contributed by atoms with Gasteiger partial charge in [-0.25, -0.2) is 0 Å². The summed E-state index contributed by atoms with van der Waals surface area (Å²) in [5, 5.41) is 3.65. The number of methoxy groups -OCH3 is 1. The maximum Gasteiger partial charge on any atom is 0.0846 e. The first-order chi connectivity index (χ1) is 7.63. The summed E-state index contributed by atoms with van der Waals surface area (Å²) in [6.45, 7) is 9.38. The molecule has 0 radical (unpaired) electrons. The average Bonchev–Trinajstić information content (AvgIpc) is 2.30. The molecule has 1 rings (SSSR count). The second-order valence-corrected chi connectivity index (χ2v) is 5.14. The van der Waals surface area contributed by atoms with Crippen LogP contribution in [0.25, 0.3) is 0 Å². The van der Waals surface area contributed by atoms with Crippen LogP contribution in [0.5, 0.6) is 0 Å². The van der Waals surface area contributed by atoms with Crippen molar-refractivity contribution in [1.29, 1.82) is 0 Å². The minimum atomic E-state index is 0.000556. The quantitative estimate of drug-likeness (QED) is 0.757. The maximum absolute atomic E-state index is 5.71. The molecule has 0 bridgehead atoms. The molecule has 0 amide bonds. The zero-order chi connectivity index (χ0) is 12.0. The normalized spacial score (nSPS) is 22.3. The Hall–Kier alpha value is -0.120. The Morgan fingerprint density at radius 3 is 2.38 bits per heavy atom. The second kappa shape index (κ2) is 6.58. The Labute approximate surface area is 99.9 Å². The molecule has 0 aromatic carbocycles. The van der Waals surface area contributed by atoms with E-state index in [2.05, 4.69) is 26.1 Å². The van der Waals surface area contributed by atoms with E-state index in [9.17, 15) is 0 Å². The molecule has 0 saturated carbocycles. The minimum Gasteiger partial charge on any atom is -0.381 e. The van der Waals surface area contributed by atoms with Gasteiger partial charge in [0.05, 0.1) is 5.60 Å². The van der Waals surface area contributed by atoms with Crippen molar-refractivity contribution >= 4 is 0 Å². The molecule has 3 nitrogen and oxygen atoms in total. The van der Waals surface area contributed by atoms with E-state index in [1.807, 2.05) is 7.11 Å². The van der Waals surface area contributed by atoms with Gasteiger partial charge in [-0.3, -0.25) is 0 Å². The van der Waals surface area contributed by atoms with Crippen LogP contribution >= 0.6 is 0 Å². The molecule has 0 spiro atoms. The van der Waals surface area contributed by atoms with Crippen molar-refractivity contribution in [2.45, 2.75) is 51.7 Å². The lowest BCUT2D eigenvalue weighted by Crippen LogP contribution is -2.50. The summed E-state index contributed by atoms with van der Waals surface area (Å²) in [4.78, 5) is 0. The van der Waals surface area contributed by atoms with Crippen LogP contribution in [0, 0.1) is 5.92 Å². The van der Waals surface area contributed by atoms with Crippen molar-refractivity contribution in [3.63, 3.8) is 0 Å². The van der Waals surface area contributed by atoms with E-state index in [1.54, 1.807) is 0 Å². The molecule has 1 aliphatic heterocycles. The lowest BCUT2D eigenvalue weighted by molar-refractivity contribution is -0.0891. The third-order valence-electron chi connectivity index (χ3n) is 3.77. The molecule has 0 aromatic rings. The Kier molecular flexibility index (Phi) is 5.73. The summed E-state index contributed by atoms with van der Waals surface area (Å²) in [6, 6.07) is 0.592. The van der Waals surface area contributed by atoms with Crippen LogP contribution in [0.1, 0.15) is 40.0 Å². The van der Waals surface area contributed by atoms with E-state index in [1.165, 1.54) is 6.42 Å². The summed E-state index contributed by atoms with van der Waals surface area (Å²) in [5.74, 6) is 0.679. The Bertz CT molecular complexity index is 188. The average molecular weight is 229 g/mol. The van der Waals surface area contributed by atoms with Crippen LogP contribution in [-0.2, 0) is 9.47 Å². The van der Waals surface area contributed by atoms with Gasteiger partial charge in [-0.15, -0.1) is 0 Å². The summed E-state index contributed by atoms with van der Waals surface area (Å²) in [7, 11) is 1.82. The molecule has 1 N–H and O–H groups in total. The van der Waals surface area contributed by atoms with Gasteiger partial charge in [0.1, 0.15) is 0 Å². The predicted molar refractivity (Wildman–Crippen MR) is 66.7 cm³/mol. The van der Waals surface area contributed by atoms with Crippen LogP contribution in [0.4, 0.5) is 0 Å². The number of rotatable bonds is 6. The lowest BCUT2D eigenvalue weighted by Gasteiger charge is -2.37. The molecule has 16 heavy (non-hydrogen) atoms. The van der Waals surface area contributed by atoms with Crippen molar-refractivity contribution in [2.75, 3.05) is 26.9 Å². The molecule has 1 unspecified atom stereocenters. The molecule has 1 aliphatic rings. The van der Waals surface area contributed by atoms with Gasteiger partial charge in [0.15, 0.2) is 0 Å². The van der Waals surface area contributed by atoms with Gasteiger partial charge in [0, 0.05) is 45.8 Å². The van der Waals surface area contributed by atoms with Gasteiger partial charge in [0.2, 0.25) is 0 Å². The fourth-order valence-electron chi connectivity index (χ4n) is 2.37. The first-order valence-electron chi connectivity index (χ1n) is 6.50. The molecular weight excluding hydrogens is 202 g/mol. The highest BCUT2D eigenvalue weighted by atomic mass is 16.5. The maximum atomic E-state index is 5.71. The van der Waals surface area contributed by atoms with Crippen molar-refractivity contribution in [1.82, 2.24) is 5.32 Å². The van der Waals surface area contributed by atoms with E-state index in [0.717, 1.165) is 32.6 Å². The van der Waals surface area contributed by atoms with Crippen molar-refractivity contribution < 1.29 is 9.47 Å². The standard InChI is InChI=1S/C13H27NO2/c1-5-12(11(2)3)14-10-13(15-4)6-8-16-9-7-13/h11-12,14H,5-10H2,1-4H3. The van der Waals surface area contributed by atoms with Gasteiger partial charge < -0.3 is 14.8 Å². The summed E-state index contributed by atoms with van der Waals surface area (Å²) in [6.07, 6.45) is 3.18. The van der Waals surface area contributed by atoms with Gasteiger partial charge in [0.25, 0.3) is 0 Å². The fourth-order valence-corrected chi connectivity index (χ4v) is 2.37. The van der Waals surface area contributed by atoms with Crippen LogP contribution in [-0.4, -0.2) is 38.5 Å². The monoisotopic (exact) mass is 229 g/mol. The summed E-state index contributed by atoms with van der Waals surface area (Å²) < 4.78 is 11.1. The number of ether oxygens (including phenoxy) is 2. The molecule has 0 aromatic heterocycles. The highest BCUT2D eigenvalue weighted by Gasteiger charge is 2.32. The van der Waals surface area contributed by atoms with Crippen LogP contribution < -0.4 is 5.32 Å². The molecule has 0 aliphatic carbocycles. The molecule has 3 heteroatoms. The first-order valence-corrected chi connectivity index (χ1v) is 6.50. The van der Waals surface area contributed by atoms with Gasteiger partial charge in [-0.1, -0.05) is 20.8 Å². The zero-order valence-electron chi connectivity index (χ0n) is 11.2. The molecule has 1 fully saturated rings. The lowest BCUT2D eigenvalue weighted by atomic mass is 9.92. The molecule has 1 atom stereocenters. The van der Waals surface area contributed by atoms with Crippen molar-refractivity contribution in [2.24, 2.45) is 5.92 Å². The zero-order valence-corrected chi connectivity index (χ0v) is 11.2. The first kappa shape index (κ1) is 13.9. The Balaban J connectivity index is 2.43. The van der Waals surface area contributed by atoms with E-state index < -0.39 is 0 Å². The number of nitrogens with one attached hydrogen (secondary N) is 1. The van der Waals surface area contributed by atoms with Gasteiger partial charge in [-0.05, 0) is 12.3 Å². The number of hydrogen-bond donors (Lipinski definition) is 1. The molecule has 1 heterocycles. The highest BCUT2D eigenvalue weighted by molar-refractivity contribution is 4.87. The predicted octanol–water partition coefficient (Wildman–Crippen LogP) is 2.21. The third-order valence-corrected chi connectivity index (χ3v) is 3.77. The largest absolute Gasteiger partial charge is 0.381 e. The van der Waals surface area contributed by atoms with E-state index in [4.69, 9.17) is 9.47 Å². The van der Waals surface area contributed by atoms with Crippen LogP contribution in [0.2, 0.25) is 0 Å². The van der Waals surface area contributed by atoms with E-state index >= 15 is 0 Å². The summed E-state index contributed by atoms with van der Waals surface area (Å²) in [5.41, 5.74) is 0.000556. The van der Waals surface area contributed by atoms with Crippen LogP contribution in [0.3, 0.4) is 0 Å². The van der Waals surface area contributed by atoms with Crippen molar-refractivity contribution in [3.05, 3.63) is 0 Å². The topological polar surface area (TPSA) is 30.5 Å². The molecular formula is C13H27NO2. The smallest absolute Gasteiger partial charge is 0.0846 e. The third kappa shape index (κ3) is 3.72. The van der Waals surface area contributed by atoms with E-state index in [0.29, 0.717) is 12.0 Å².